The molecular weight excluding hydrogens is 102 g/mol. The van der Waals surface area contributed by atoms with Crippen LogP contribution >= 0.6 is 0 Å². The van der Waals surface area contributed by atoms with Gasteiger partial charge >= 0.3 is 0 Å². The van der Waals surface area contributed by atoms with Crippen molar-refractivity contribution in [3.8, 4) is 0 Å². The van der Waals surface area contributed by atoms with E-state index in [0.29, 0.717) is 0 Å². The highest BCUT2D eigenvalue weighted by molar-refractivity contribution is 4.60. The molecule has 0 heterocycles. The second kappa shape index (κ2) is 3.87. The summed E-state index contributed by atoms with van der Waals surface area (Å²) in [6, 6.07) is 0.176. The first kappa shape index (κ1) is 7.92. The molecule has 0 aliphatic carbocycles. The Morgan fingerprint density at radius 3 is 2.25 bits per heavy atom. The smallest absolute Gasteiger partial charge is 0.0526 e. The van der Waals surface area contributed by atoms with Crippen molar-refractivity contribution in [2.45, 2.75) is 38.8 Å². The number of rotatable bonds is 3. The summed E-state index contributed by atoms with van der Waals surface area (Å²) in [6.07, 6.45) is 1.42. The van der Waals surface area contributed by atoms with Gasteiger partial charge in [0.05, 0.1) is 6.10 Å². The summed E-state index contributed by atoms with van der Waals surface area (Å²) in [5.41, 5.74) is 5.51. The zero-order valence-corrected chi connectivity index (χ0v) is 5.59. The minimum atomic E-state index is -0.245. The van der Waals surface area contributed by atoms with E-state index in [4.69, 9.17) is 10.8 Å². The second-order valence-corrected chi connectivity index (χ2v) is 2.25. The van der Waals surface area contributed by atoms with Crippen molar-refractivity contribution >= 4 is 0 Å². The van der Waals surface area contributed by atoms with Gasteiger partial charge in [0.15, 0.2) is 0 Å². The van der Waals surface area contributed by atoms with E-state index in [1.165, 1.54) is 0 Å². The summed E-state index contributed by atoms with van der Waals surface area (Å²) in [5, 5.41) is 8.77. The van der Waals surface area contributed by atoms with Crippen molar-refractivity contribution < 1.29 is 5.11 Å². The maximum Gasteiger partial charge on any atom is 0.0526 e. The van der Waals surface area contributed by atoms with Gasteiger partial charge in [-0.15, -0.1) is 0 Å². The van der Waals surface area contributed by atoms with Gasteiger partial charge in [-0.1, -0.05) is 6.92 Å². The Kier molecular flexibility index (Phi) is 3.83. The van der Waals surface area contributed by atoms with Gasteiger partial charge in [0.25, 0.3) is 0 Å². The molecule has 0 unspecified atom stereocenters. The monoisotopic (exact) mass is 117 g/mol. The van der Waals surface area contributed by atoms with Crippen LogP contribution in [-0.4, -0.2) is 17.3 Å². The minimum absolute atomic E-state index is 0.176. The molecule has 0 saturated heterocycles. The molecule has 0 saturated carbocycles. The SMILES string of the molecule is CC[C@@H](N)C[C@H](C)O. The van der Waals surface area contributed by atoms with Gasteiger partial charge < -0.3 is 10.8 Å². The van der Waals surface area contributed by atoms with Crippen molar-refractivity contribution in [2.24, 2.45) is 5.73 Å². The third-order valence-corrected chi connectivity index (χ3v) is 1.17. The molecule has 0 rings (SSSR count). The average molecular weight is 117 g/mol. The molecule has 0 aromatic heterocycles. The fourth-order valence-electron chi connectivity index (χ4n) is 0.605. The lowest BCUT2D eigenvalue weighted by Gasteiger charge is -2.09. The van der Waals surface area contributed by atoms with E-state index in [2.05, 4.69) is 0 Å². The quantitative estimate of drug-likeness (QED) is 0.565. The molecule has 0 bridgehead atoms. The van der Waals surface area contributed by atoms with Crippen LogP contribution in [0.25, 0.3) is 0 Å². The molecule has 2 atom stereocenters. The van der Waals surface area contributed by atoms with E-state index in [0.717, 1.165) is 12.8 Å². The topological polar surface area (TPSA) is 46.2 Å². The molecule has 2 heteroatoms. The van der Waals surface area contributed by atoms with Gasteiger partial charge in [-0.25, -0.2) is 0 Å². The summed E-state index contributed by atoms with van der Waals surface area (Å²) >= 11 is 0. The van der Waals surface area contributed by atoms with Crippen molar-refractivity contribution in [2.75, 3.05) is 0 Å². The Balaban J connectivity index is 3.10. The Bertz CT molecular complexity index is 54.5. The molecule has 2 nitrogen and oxygen atoms in total. The first-order valence-corrected chi connectivity index (χ1v) is 3.10. The highest BCUT2D eigenvalue weighted by atomic mass is 16.3. The second-order valence-electron chi connectivity index (χ2n) is 2.25. The lowest BCUT2D eigenvalue weighted by Crippen LogP contribution is -2.23. The Hall–Kier alpha value is -0.0800. The average Bonchev–Trinajstić information content (AvgIpc) is 1.65. The number of aliphatic hydroxyl groups excluding tert-OH is 1. The number of aliphatic hydroxyl groups is 1. The van der Waals surface area contributed by atoms with Gasteiger partial charge in [-0.3, -0.25) is 0 Å². The van der Waals surface area contributed by atoms with Gasteiger partial charge in [0.1, 0.15) is 0 Å². The largest absolute Gasteiger partial charge is 0.393 e. The molecule has 8 heavy (non-hydrogen) atoms. The van der Waals surface area contributed by atoms with Crippen molar-refractivity contribution in [1.82, 2.24) is 0 Å². The summed E-state index contributed by atoms with van der Waals surface area (Å²) in [6.45, 7) is 3.78. The van der Waals surface area contributed by atoms with E-state index < -0.39 is 0 Å². The van der Waals surface area contributed by atoms with Crippen molar-refractivity contribution in [3.05, 3.63) is 0 Å². The van der Waals surface area contributed by atoms with Crippen LogP contribution in [0.1, 0.15) is 26.7 Å². The third-order valence-electron chi connectivity index (χ3n) is 1.17. The van der Waals surface area contributed by atoms with Crippen molar-refractivity contribution in [1.29, 1.82) is 0 Å². The minimum Gasteiger partial charge on any atom is -0.393 e. The van der Waals surface area contributed by atoms with Crippen LogP contribution in [-0.2, 0) is 0 Å². The molecule has 0 fully saturated rings. The molecule has 3 N–H and O–H groups in total. The van der Waals surface area contributed by atoms with E-state index in [-0.39, 0.29) is 12.1 Å². The maximum atomic E-state index is 8.77. The standard InChI is InChI=1S/C6H15NO/c1-3-6(7)4-5(2)8/h5-6,8H,3-4,7H2,1-2H3/t5-,6+/m0/s1. The third kappa shape index (κ3) is 4.09. The molecule has 50 valence electrons. The number of hydrogen-bond donors (Lipinski definition) is 2. The molecule has 0 aromatic rings. The normalized spacial score (nSPS) is 18.0. The lowest BCUT2D eigenvalue weighted by molar-refractivity contribution is 0.174. The Morgan fingerprint density at radius 2 is 2.12 bits per heavy atom. The molecule has 0 aromatic carbocycles. The van der Waals surface area contributed by atoms with Gasteiger partial charge in [0.2, 0.25) is 0 Å². The van der Waals surface area contributed by atoms with Gasteiger partial charge in [-0.2, -0.15) is 0 Å². The lowest BCUT2D eigenvalue weighted by atomic mass is 10.1. The molecule has 0 aliphatic heterocycles. The van der Waals surface area contributed by atoms with Gasteiger partial charge in [-0.05, 0) is 19.8 Å². The van der Waals surface area contributed by atoms with Crippen LogP contribution in [0.3, 0.4) is 0 Å². The molecule has 0 radical (unpaired) electrons. The zero-order valence-electron chi connectivity index (χ0n) is 5.59. The van der Waals surface area contributed by atoms with Crippen LogP contribution in [0.4, 0.5) is 0 Å². The van der Waals surface area contributed by atoms with Crippen molar-refractivity contribution in [3.63, 3.8) is 0 Å². The number of hydrogen-bond acceptors (Lipinski definition) is 2. The molecular formula is C6H15NO. The molecule has 0 spiro atoms. The fraction of sp³-hybridized carbons (Fsp3) is 1.00. The predicted octanol–water partition coefficient (Wildman–Crippen LogP) is 0.495. The fourth-order valence-corrected chi connectivity index (χ4v) is 0.605. The first-order chi connectivity index (χ1) is 3.66. The Morgan fingerprint density at radius 1 is 1.62 bits per heavy atom. The van der Waals surface area contributed by atoms with Crippen LogP contribution < -0.4 is 5.73 Å². The summed E-state index contributed by atoms with van der Waals surface area (Å²) < 4.78 is 0. The molecule has 0 aliphatic rings. The molecule has 0 amide bonds. The summed E-state index contributed by atoms with van der Waals surface area (Å²) in [5.74, 6) is 0. The van der Waals surface area contributed by atoms with Crippen LogP contribution in [0.2, 0.25) is 0 Å². The van der Waals surface area contributed by atoms with E-state index in [1.54, 1.807) is 6.92 Å². The number of nitrogens with two attached hydrogens (primary N) is 1. The van der Waals surface area contributed by atoms with Crippen LogP contribution in [0.5, 0.6) is 0 Å². The van der Waals surface area contributed by atoms with Gasteiger partial charge in [0, 0.05) is 6.04 Å². The summed E-state index contributed by atoms with van der Waals surface area (Å²) in [7, 11) is 0. The van der Waals surface area contributed by atoms with E-state index in [9.17, 15) is 0 Å². The zero-order chi connectivity index (χ0) is 6.57. The maximum absolute atomic E-state index is 8.77. The highest BCUT2D eigenvalue weighted by Crippen LogP contribution is 1.96. The Labute approximate surface area is 50.7 Å². The highest BCUT2D eigenvalue weighted by Gasteiger charge is 2.01. The van der Waals surface area contributed by atoms with Crippen LogP contribution in [0, 0.1) is 0 Å². The summed E-state index contributed by atoms with van der Waals surface area (Å²) in [4.78, 5) is 0. The first-order valence-electron chi connectivity index (χ1n) is 3.10. The van der Waals surface area contributed by atoms with Crippen LogP contribution in [0.15, 0.2) is 0 Å². The predicted molar refractivity (Wildman–Crippen MR) is 34.6 cm³/mol. The van der Waals surface area contributed by atoms with E-state index in [1.807, 2.05) is 6.92 Å². The van der Waals surface area contributed by atoms with E-state index >= 15 is 0 Å².